The third-order valence-electron chi connectivity index (χ3n) is 4.86. The zero-order chi connectivity index (χ0) is 16.5. The number of nitrogens with one attached hydrogen (secondary N) is 1. The molecule has 0 aliphatic carbocycles. The third-order valence-corrected chi connectivity index (χ3v) is 5.16. The van der Waals surface area contributed by atoms with Gasteiger partial charge in [-0.2, -0.15) is 0 Å². The second-order valence-corrected chi connectivity index (χ2v) is 6.75. The molecule has 24 heavy (non-hydrogen) atoms. The van der Waals surface area contributed by atoms with Gasteiger partial charge in [0, 0.05) is 43.8 Å². The molecule has 1 aromatic heterocycles. The summed E-state index contributed by atoms with van der Waals surface area (Å²) in [6.45, 7) is 3.74. The number of halogens is 1. The first-order valence-corrected chi connectivity index (χ1v) is 8.66. The molecular formula is C17H20ClN5O. The topological polar surface area (TPSA) is 53.4 Å². The van der Waals surface area contributed by atoms with Gasteiger partial charge in [0.25, 0.3) is 0 Å². The quantitative estimate of drug-likeness (QED) is 0.910. The summed E-state index contributed by atoms with van der Waals surface area (Å²) in [5, 5.41) is 3.54. The van der Waals surface area contributed by atoms with Crippen LogP contribution < -0.4 is 5.32 Å². The molecule has 1 N–H and O–H groups in total. The Morgan fingerprint density at radius 1 is 1.29 bits per heavy atom. The molecule has 2 aliphatic rings. The molecule has 0 unspecified atom stereocenters. The third kappa shape index (κ3) is 2.99. The number of rotatable bonds is 2. The van der Waals surface area contributed by atoms with Crippen molar-refractivity contribution in [3.05, 3.63) is 41.9 Å². The van der Waals surface area contributed by atoms with Crippen molar-refractivity contribution in [3.63, 3.8) is 0 Å². The predicted molar refractivity (Wildman–Crippen MR) is 93.8 cm³/mol. The number of imidazole rings is 1. The Balaban J connectivity index is 1.43. The van der Waals surface area contributed by atoms with Crippen molar-refractivity contribution in [2.75, 3.05) is 31.5 Å². The van der Waals surface area contributed by atoms with Crippen LogP contribution in [0.2, 0.25) is 5.02 Å². The number of piperazine rings is 1. The summed E-state index contributed by atoms with van der Waals surface area (Å²) in [5.74, 6) is 0. The van der Waals surface area contributed by atoms with E-state index in [0.717, 1.165) is 25.3 Å². The van der Waals surface area contributed by atoms with Gasteiger partial charge in [-0.25, -0.2) is 9.78 Å². The Hall–Kier alpha value is -2.05. The van der Waals surface area contributed by atoms with Crippen molar-refractivity contribution < 1.29 is 4.79 Å². The molecule has 3 heterocycles. The average Bonchev–Trinajstić information content (AvgIpc) is 3.25. The summed E-state index contributed by atoms with van der Waals surface area (Å²) in [6.07, 6.45) is 7.66. The van der Waals surface area contributed by atoms with E-state index in [4.69, 9.17) is 11.6 Å². The van der Waals surface area contributed by atoms with Gasteiger partial charge in [-0.15, -0.1) is 0 Å². The Bertz CT molecular complexity index is 733. The molecule has 4 rings (SSSR count). The summed E-state index contributed by atoms with van der Waals surface area (Å²) in [5.41, 5.74) is 1.55. The lowest BCUT2D eigenvalue weighted by Crippen LogP contribution is -2.53. The zero-order valence-electron chi connectivity index (χ0n) is 13.4. The summed E-state index contributed by atoms with van der Waals surface area (Å²) >= 11 is 6.34. The van der Waals surface area contributed by atoms with E-state index in [-0.39, 0.29) is 6.03 Å². The number of hydrogen-bond donors (Lipinski definition) is 1. The maximum Gasteiger partial charge on any atom is 0.321 e. The van der Waals surface area contributed by atoms with E-state index in [0.29, 0.717) is 16.8 Å². The summed E-state index contributed by atoms with van der Waals surface area (Å²) < 4.78 is 1.84. The minimum atomic E-state index is -0.0482. The second kappa shape index (κ2) is 6.45. The predicted octanol–water partition coefficient (Wildman–Crippen LogP) is 2.84. The number of carbonyl (C=O) groups excluding carboxylic acids is 1. The lowest BCUT2D eigenvalue weighted by Gasteiger charge is -2.37. The van der Waals surface area contributed by atoms with Gasteiger partial charge in [-0.1, -0.05) is 11.6 Å². The largest absolute Gasteiger partial charge is 0.322 e. The first kappa shape index (κ1) is 15.5. The average molecular weight is 346 g/mol. The van der Waals surface area contributed by atoms with Crippen molar-refractivity contribution >= 4 is 23.3 Å². The zero-order valence-corrected chi connectivity index (χ0v) is 14.1. The van der Waals surface area contributed by atoms with Crippen LogP contribution >= 0.6 is 11.6 Å². The molecule has 2 aromatic rings. The SMILES string of the molecule is O=C(Nc1ccc(-n2ccnc2)c(Cl)c1)N1CCN2CCC[C@@H]2C1. The molecule has 0 saturated carbocycles. The highest BCUT2D eigenvalue weighted by Gasteiger charge is 2.32. The lowest BCUT2D eigenvalue weighted by molar-refractivity contribution is 0.124. The summed E-state index contributed by atoms with van der Waals surface area (Å²) in [6, 6.07) is 6.00. The van der Waals surface area contributed by atoms with E-state index in [9.17, 15) is 4.79 Å². The molecule has 0 spiro atoms. The molecule has 2 saturated heterocycles. The number of benzene rings is 1. The Morgan fingerprint density at radius 2 is 2.21 bits per heavy atom. The van der Waals surface area contributed by atoms with Gasteiger partial charge in [0.2, 0.25) is 0 Å². The van der Waals surface area contributed by atoms with E-state index in [2.05, 4.69) is 15.2 Å². The van der Waals surface area contributed by atoms with Gasteiger partial charge in [-0.3, -0.25) is 4.90 Å². The summed E-state index contributed by atoms with van der Waals surface area (Å²) in [4.78, 5) is 20.9. The fourth-order valence-corrected chi connectivity index (χ4v) is 3.85. The minimum absolute atomic E-state index is 0.0482. The van der Waals surface area contributed by atoms with E-state index in [1.54, 1.807) is 18.6 Å². The molecule has 2 amide bonds. The van der Waals surface area contributed by atoms with Crippen LogP contribution in [-0.4, -0.2) is 57.6 Å². The van der Waals surface area contributed by atoms with Crippen molar-refractivity contribution in [1.29, 1.82) is 0 Å². The molecule has 2 fully saturated rings. The van der Waals surface area contributed by atoms with Crippen molar-refractivity contribution in [2.45, 2.75) is 18.9 Å². The maximum absolute atomic E-state index is 12.5. The smallest absolute Gasteiger partial charge is 0.321 e. The van der Waals surface area contributed by atoms with Crippen molar-refractivity contribution in [2.24, 2.45) is 0 Å². The summed E-state index contributed by atoms with van der Waals surface area (Å²) in [7, 11) is 0. The number of amides is 2. The Labute approximate surface area is 146 Å². The standard InChI is InChI=1S/C17H20ClN5O/c18-15-10-13(3-4-16(15)23-7-5-19-12-23)20-17(24)22-9-8-21-6-1-2-14(21)11-22/h3-5,7,10,12,14H,1-2,6,8-9,11H2,(H,20,24)/t14-/m1/s1. The molecular weight excluding hydrogens is 326 g/mol. The van der Waals surface area contributed by atoms with Gasteiger partial charge in [0.05, 0.1) is 17.0 Å². The second-order valence-electron chi connectivity index (χ2n) is 6.34. The van der Waals surface area contributed by atoms with Gasteiger partial charge in [0.1, 0.15) is 0 Å². The van der Waals surface area contributed by atoms with Gasteiger partial charge < -0.3 is 14.8 Å². The van der Waals surface area contributed by atoms with Crippen LogP contribution in [-0.2, 0) is 0 Å². The molecule has 126 valence electrons. The van der Waals surface area contributed by atoms with Gasteiger partial charge >= 0.3 is 6.03 Å². The van der Waals surface area contributed by atoms with Crippen LogP contribution in [0.5, 0.6) is 0 Å². The molecule has 7 heteroatoms. The number of hydrogen-bond acceptors (Lipinski definition) is 3. The number of fused-ring (bicyclic) bond motifs is 1. The maximum atomic E-state index is 12.5. The minimum Gasteiger partial charge on any atom is -0.322 e. The van der Waals surface area contributed by atoms with Crippen LogP contribution in [0.1, 0.15) is 12.8 Å². The molecule has 6 nitrogen and oxygen atoms in total. The molecule has 1 atom stereocenters. The van der Waals surface area contributed by atoms with Crippen LogP contribution in [0, 0.1) is 0 Å². The molecule has 2 aliphatic heterocycles. The van der Waals surface area contributed by atoms with Crippen LogP contribution in [0.15, 0.2) is 36.9 Å². The molecule has 1 aromatic carbocycles. The highest BCUT2D eigenvalue weighted by Crippen LogP contribution is 2.25. The number of aromatic nitrogens is 2. The van der Waals surface area contributed by atoms with E-state index in [1.165, 1.54) is 19.4 Å². The Morgan fingerprint density at radius 3 is 3.00 bits per heavy atom. The normalized spacial score (nSPS) is 20.9. The number of anilines is 1. The van der Waals surface area contributed by atoms with Crippen molar-refractivity contribution in [3.8, 4) is 5.69 Å². The number of carbonyl (C=O) groups is 1. The fraction of sp³-hybridized carbons (Fsp3) is 0.412. The number of nitrogens with zero attached hydrogens (tertiary/aromatic N) is 4. The number of urea groups is 1. The van der Waals surface area contributed by atoms with Crippen molar-refractivity contribution in [1.82, 2.24) is 19.4 Å². The highest BCUT2D eigenvalue weighted by molar-refractivity contribution is 6.32. The first-order valence-electron chi connectivity index (χ1n) is 8.28. The first-order chi connectivity index (χ1) is 11.7. The van der Waals surface area contributed by atoms with E-state index >= 15 is 0 Å². The molecule has 0 radical (unpaired) electrons. The van der Waals surface area contributed by atoms with Crippen LogP contribution in [0.3, 0.4) is 0 Å². The van der Waals surface area contributed by atoms with E-state index < -0.39 is 0 Å². The Kier molecular flexibility index (Phi) is 4.16. The molecule has 0 bridgehead atoms. The van der Waals surface area contributed by atoms with E-state index in [1.807, 2.05) is 27.8 Å². The lowest BCUT2D eigenvalue weighted by atomic mass is 10.1. The fourth-order valence-electron chi connectivity index (χ4n) is 3.57. The highest BCUT2D eigenvalue weighted by atomic mass is 35.5. The van der Waals surface area contributed by atoms with Crippen LogP contribution in [0.4, 0.5) is 10.5 Å². The monoisotopic (exact) mass is 345 g/mol. The van der Waals surface area contributed by atoms with Gasteiger partial charge in [0.15, 0.2) is 0 Å². The van der Waals surface area contributed by atoms with Gasteiger partial charge in [-0.05, 0) is 37.6 Å². The van der Waals surface area contributed by atoms with Crippen LogP contribution in [0.25, 0.3) is 5.69 Å².